The maximum Gasteiger partial charge on any atom is 0.229 e. The summed E-state index contributed by atoms with van der Waals surface area (Å²) in [7, 11) is 0. The summed E-state index contributed by atoms with van der Waals surface area (Å²) in [5, 5.41) is 0. The Hall–Kier alpha value is 0.0700. The molecule has 3 nitrogen and oxygen atoms in total. The molecule has 2 rings (SSSR count). The Morgan fingerprint density at radius 3 is 2.60 bits per heavy atom. The SMILES string of the molecule is CC(C)(CCl)C(=O)N1CCCSCC1CN1CCCC1. The van der Waals surface area contributed by atoms with Gasteiger partial charge in [0.05, 0.1) is 11.5 Å². The molecule has 0 aromatic carbocycles. The molecule has 2 aliphatic rings. The predicted molar refractivity (Wildman–Crippen MR) is 87.6 cm³/mol. The summed E-state index contributed by atoms with van der Waals surface area (Å²) in [5.41, 5.74) is -0.445. The first-order valence-corrected chi connectivity index (χ1v) is 9.40. The van der Waals surface area contributed by atoms with Gasteiger partial charge in [-0.2, -0.15) is 11.8 Å². The molecule has 0 aliphatic carbocycles. The molecule has 1 amide bonds. The zero-order valence-corrected chi connectivity index (χ0v) is 14.3. The van der Waals surface area contributed by atoms with Gasteiger partial charge < -0.3 is 9.80 Å². The molecule has 0 N–H and O–H groups in total. The van der Waals surface area contributed by atoms with Gasteiger partial charge in [-0.15, -0.1) is 11.6 Å². The van der Waals surface area contributed by atoms with E-state index in [1.165, 1.54) is 31.7 Å². The van der Waals surface area contributed by atoms with Crippen LogP contribution in [0.25, 0.3) is 0 Å². The highest BCUT2D eigenvalue weighted by molar-refractivity contribution is 7.99. The van der Waals surface area contributed by atoms with E-state index in [9.17, 15) is 4.79 Å². The van der Waals surface area contributed by atoms with Gasteiger partial charge >= 0.3 is 0 Å². The van der Waals surface area contributed by atoms with Gasteiger partial charge in [0, 0.05) is 24.7 Å². The van der Waals surface area contributed by atoms with Crippen molar-refractivity contribution in [3.63, 3.8) is 0 Å². The van der Waals surface area contributed by atoms with Gasteiger partial charge in [0.15, 0.2) is 0 Å². The molecule has 1 unspecified atom stereocenters. The zero-order valence-electron chi connectivity index (χ0n) is 12.7. The fourth-order valence-corrected chi connectivity index (χ4v) is 4.13. The normalized spacial score (nSPS) is 25.8. The van der Waals surface area contributed by atoms with Crippen molar-refractivity contribution in [2.75, 3.05) is 43.6 Å². The fraction of sp³-hybridized carbons (Fsp3) is 0.933. The quantitative estimate of drug-likeness (QED) is 0.745. The van der Waals surface area contributed by atoms with E-state index in [4.69, 9.17) is 11.6 Å². The Balaban J connectivity index is 2.05. The highest BCUT2D eigenvalue weighted by atomic mass is 35.5. The minimum absolute atomic E-state index is 0.235. The lowest BCUT2D eigenvalue weighted by atomic mass is 9.93. The van der Waals surface area contributed by atoms with Crippen LogP contribution >= 0.6 is 23.4 Å². The van der Waals surface area contributed by atoms with Gasteiger partial charge in [0.25, 0.3) is 0 Å². The maximum absolute atomic E-state index is 12.8. The van der Waals surface area contributed by atoms with E-state index in [1.807, 2.05) is 25.6 Å². The van der Waals surface area contributed by atoms with Crippen molar-refractivity contribution in [3.8, 4) is 0 Å². The van der Waals surface area contributed by atoms with Gasteiger partial charge in [0.2, 0.25) is 5.91 Å². The smallest absolute Gasteiger partial charge is 0.229 e. The summed E-state index contributed by atoms with van der Waals surface area (Å²) >= 11 is 8.00. The molecule has 0 saturated carbocycles. The molecule has 0 aromatic rings. The Morgan fingerprint density at radius 2 is 1.95 bits per heavy atom. The summed E-state index contributed by atoms with van der Waals surface area (Å²) in [5.74, 6) is 2.87. The number of carbonyl (C=O) groups is 1. The van der Waals surface area contributed by atoms with Crippen LogP contribution in [-0.4, -0.2) is 65.3 Å². The first kappa shape index (κ1) is 16.4. The number of hydrogen-bond donors (Lipinski definition) is 0. The summed E-state index contributed by atoms with van der Waals surface area (Å²) in [6.07, 6.45) is 3.72. The number of amides is 1. The van der Waals surface area contributed by atoms with Crippen LogP contribution < -0.4 is 0 Å². The first-order valence-electron chi connectivity index (χ1n) is 7.72. The van der Waals surface area contributed by atoms with Crippen LogP contribution in [0.15, 0.2) is 0 Å². The number of halogens is 1. The average Bonchev–Trinajstić information content (AvgIpc) is 2.83. The predicted octanol–water partition coefficient (Wildman–Crippen LogP) is 2.68. The second kappa shape index (κ2) is 7.37. The van der Waals surface area contributed by atoms with Crippen molar-refractivity contribution in [2.45, 2.75) is 39.2 Å². The van der Waals surface area contributed by atoms with E-state index >= 15 is 0 Å². The second-order valence-electron chi connectivity index (χ2n) is 6.61. The van der Waals surface area contributed by atoms with Gasteiger partial charge in [-0.05, 0) is 52.0 Å². The van der Waals surface area contributed by atoms with Crippen molar-refractivity contribution in [1.82, 2.24) is 9.80 Å². The van der Waals surface area contributed by atoms with E-state index in [2.05, 4.69) is 9.80 Å². The van der Waals surface area contributed by atoms with E-state index < -0.39 is 5.41 Å². The number of thioether (sulfide) groups is 1. The van der Waals surface area contributed by atoms with Crippen LogP contribution in [0, 0.1) is 5.41 Å². The largest absolute Gasteiger partial charge is 0.337 e. The number of rotatable bonds is 4. The third-order valence-corrected chi connectivity index (χ3v) is 6.15. The molecule has 5 heteroatoms. The van der Waals surface area contributed by atoms with Crippen LogP contribution in [0.1, 0.15) is 33.1 Å². The molecule has 0 bridgehead atoms. The zero-order chi connectivity index (χ0) is 14.6. The van der Waals surface area contributed by atoms with Crippen molar-refractivity contribution < 1.29 is 4.79 Å². The number of likely N-dealkylation sites (tertiary alicyclic amines) is 1. The highest BCUT2D eigenvalue weighted by Gasteiger charge is 2.36. The highest BCUT2D eigenvalue weighted by Crippen LogP contribution is 2.26. The molecule has 0 aromatic heterocycles. The molecule has 0 spiro atoms. The molecular formula is C15H27ClN2OS. The van der Waals surface area contributed by atoms with E-state index in [-0.39, 0.29) is 5.91 Å². The van der Waals surface area contributed by atoms with Crippen LogP contribution in [0.3, 0.4) is 0 Å². The number of carbonyl (C=O) groups excluding carboxylic acids is 1. The molecule has 20 heavy (non-hydrogen) atoms. The molecule has 116 valence electrons. The Morgan fingerprint density at radius 1 is 1.25 bits per heavy atom. The monoisotopic (exact) mass is 318 g/mol. The van der Waals surface area contributed by atoms with E-state index in [0.29, 0.717) is 11.9 Å². The van der Waals surface area contributed by atoms with E-state index in [1.54, 1.807) is 0 Å². The first-order chi connectivity index (χ1) is 9.54. The Labute approximate surface area is 132 Å². The minimum Gasteiger partial charge on any atom is -0.337 e. The summed E-state index contributed by atoms with van der Waals surface area (Å²) in [6, 6.07) is 0.357. The number of nitrogens with zero attached hydrogens (tertiary/aromatic N) is 2. The number of hydrogen-bond acceptors (Lipinski definition) is 3. The standard InChI is InChI=1S/C15H27ClN2OS/c1-15(2,12-16)14(19)18-8-5-9-20-11-13(18)10-17-6-3-4-7-17/h13H,3-12H2,1-2H3. The minimum atomic E-state index is -0.445. The lowest BCUT2D eigenvalue weighted by molar-refractivity contribution is -0.141. The maximum atomic E-state index is 12.8. The molecule has 2 heterocycles. The van der Waals surface area contributed by atoms with E-state index in [0.717, 1.165) is 25.3 Å². The lowest BCUT2D eigenvalue weighted by Crippen LogP contribution is -2.52. The van der Waals surface area contributed by atoms with Gasteiger partial charge in [-0.25, -0.2) is 0 Å². The Bertz CT molecular complexity index is 332. The van der Waals surface area contributed by atoms with Crippen molar-refractivity contribution in [3.05, 3.63) is 0 Å². The average molecular weight is 319 g/mol. The Kier molecular flexibility index (Phi) is 6.06. The second-order valence-corrected chi connectivity index (χ2v) is 8.02. The van der Waals surface area contributed by atoms with Crippen molar-refractivity contribution in [1.29, 1.82) is 0 Å². The lowest BCUT2D eigenvalue weighted by Gasteiger charge is -2.37. The molecular weight excluding hydrogens is 292 g/mol. The van der Waals surface area contributed by atoms with Crippen molar-refractivity contribution in [2.24, 2.45) is 5.41 Å². The van der Waals surface area contributed by atoms with Crippen molar-refractivity contribution >= 4 is 29.3 Å². The number of alkyl halides is 1. The molecule has 2 fully saturated rings. The van der Waals surface area contributed by atoms with Crippen LogP contribution in [0.5, 0.6) is 0 Å². The summed E-state index contributed by atoms with van der Waals surface area (Å²) < 4.78 is 0. The van der Waals surface area contributed by atoms with Gasteiger partial charge in [-0.3, -0.25) is 4.79 Å². The van der Waals surface area contributed by atoms with Gasteiger partial charge in [-0.1, -0.05) is 0 Å². The topological polar surface area (TPSA) is 23.6 Å². The summed E-state index contributed by atoms with van der Waals surface area (Å²) in [6.45, 7) is 8.26. The van der Waals surface area contributed by atoms with Crippen LogP contribution in [-0.2, 0) is 4.79 Å². The molecule has 2 saturated heterocycles. The molecule has 2 aliphatic heterocycles. The van der Waals surface area contributed by atoms with Crippen LogP contribution in [0.4, 0.5) is 0 Å². The summed E-state index contributed by atoms with van der Waals surface area (Å²) in [4.78, 5) is 17.4. The molecule has 1 atom stereocenters. The fourth-order valence-electron chi connectivity index (χ4n) is 2.96. The third kappa shape index (κ3) is 4.05. The third-order valence-electron chi connectivity index (χ3n) is 4.28. The molecule has 0 radical (unpaired) electrons. The van der Waals surface area contributed by atoms with Crippen LogP contribution in [0.2, 0.25) is 0 Å². The van der Waals surface area contributed by atoms with Gasteiger partial charge in [0.1, 0.15) is 0 Å².